The zero-order valence-electron chi connectivity index (χ0n) is 23.9. The quantitative estimate of drug-likeness (QED) is 0.186. The third-order valence-electron chi connectivity index (χ3n) is 5.96. The van der Waals surface area contributed by atoms with E-state index in [4.69, 9.17) is 38.9 Å². The standard InChI is InChI=1S/C29H37NO11/c1-6-19(3)37-27(33)40-23-14-13-21(17-24(23)41-28(34)38-20(4)7-2)18-29(30,25(31)35-5)15-16-36-26(32)39-22-11-9-8-10-12-22/h8-14,17,19-20H,6-7,15-16,18,30H2,1-5H3/t19?,20?,29-/m1/s1. The van der Waals surface area contributed by atoms with Crippen molar-refractivity contribution < 1.29 is 52.3 Å². The van der Waals surface area contributed by atoms with Crippen molar-refractivity contribution >= 4 is 24.4 Å². The number of hydrogen-bond acceptors (Lipinski definition) is 12. The van der Waals surface area contributed by atoms with Gasteiger partial charge in [-0.3, -0.25) is 4.79 Å². The predicted octanol–water partition coefficient (Wildman–Crippen LogP) is 5.33. The lowest BCUT2D eigenvalue weighted by Crippen LogP contribution is -2.51. The fraction of sp³-hybridized carbons (Fsp3) is 0.448. The van der Waals surface area contributed by atoms with Crippen molar-refractivity contribution in [2.45, 2.75) is 71.1 Å². The summed E-state index contributed by atoms with van der Waals surface area (Å²) in [6, 6.07) is 12.6. The molecule has 0 saturated heterocycles. The molecular formula is C29H37NO11. The first kappa shape index (κ1) is 32.9. The van der Waals surface area contributed by atoms with E-state index in [2.05, 4.69) is 0 Å². The molecule has 0 fully saturated rings. The summed E-state index contributed by atoms with van der Waals surface area (Å²) in [5.41, 5.74) is 5.17. The Morgan fingerprint density at radius 3 is 1.95 bits per heavy atom. The zero-order valence-corrected chi connectivity index (χ0v) is 23.9. The molecule has 2 aromatic rings. The average Bonchev–Trinajstić information content (AvgIpc) is 2.94. The van der Waals surface area contributed by atoms with E-state index in [1.54, 1.807) is 44.2 Å². The third kappa shape index (κ3) is 11.0. The van der Waals surface area contributed by atoms with E-state index < -0.39 is 42.2 Å². The largest absolute Gasteiger partial charge is 0.514 e. The lowest BCUT2D eigenvalue weighted by atomic mass is 9.88. The molecule has 0 saturated carbocycles. The van der Waals surface area contributed by atoms with Crippen LogP contribution in [0.25, 0.3) is 0 Å². The molecule has 12 nitrogen and oxygen atoms in total. The molecule has 0 bridgehead atoms. The molecule has 3 atom stereocenters. The monoisotopic (exact) mass is 575 g/mol. The number of esters is 1. The summed E-state index contributed by atoms with van der Waals surface area (Å²) in [6.45, 7) is 6.80. The summed E-state index contributed by atoms with van der Waals surface area (Å²) in [5.74, 6) is -0.754. The molecule has 0 spiro atoms. The highest BCUT2D eigenvalue weighted by atomic mass is 16.8. The Hall–Kier alpha value is -4.32. The highest BCUT2D eigenvalue weighted by molar-refractivity contribution is 5.81. The van der Waals surface area contributed by atoms with Crippen LogP contribution in [0.4, 0.5) is 14.4 Å². The van der Waals surface area contributed by atoms with Crippen LogP contribution in [-0.4, -0.2) is 55.9 Å². The second kappa shape index (κ2) is 16.1. The van der Waals surface area contributed by atoms with E-state index in [0.29, 0.717) is 24.2 Å². The van der Waals surface area contributed by atoms with Crippen LogP contribution in [0.1, 0.15) is 52.5 Å². The molecule has 2 N–H and O–H groups in total. The molecule has 12 heteroatoms. The van der Waals surface area contributed by atoms with E-state index >= 15 is 0 Å². The van der Waals surface area contributed by atoms with Crippen LogP contribution in [0.15, 0.2) is 48.5 Å². The topological polar surface area (TPSA) is 159 Å². The Labute approximate surface area is 238 Å². The van der Waals surface area contributed by atoms with E-state index in [9.17, 15) is 19.2 Å². The molecule has 0 amide bonds. The van der Waals surface area contributed by atoms with Gasteiger partial charge in [0.1, 0.15) is 23.5 Å². The summed E-state index contributed by atoms with van der Waals surface area (Å²) in [5, 5.41) is 0. The minimum atomic E-state index is -1.64. The van der Waals surface area contributed by atoms with Crippen molar-refractivity contribution in [3.63, 3.8) is 0 Å². The maximum absolute atomic E-state index is 12.7. The van der Waals surface area contributed by atoms with Gasteiger partial charge >= 0.3 is 24.4 Å². The first-order valence-corrected chi connectivity index (χ1v) is 13.2. The molecule has 0 aliphatic heterocycles. The van der Waals surface area contributed by atoms with Crippen LogP contribution in [0, 0.1) is 0 Å². The van der Waals surface area contributed by atoms with Crippen molar-refractivity contribution in [1.82, 2.24) is 0 Å². The Morgan fingerprint density at radius 1 is 0.805 bits per heavy atom. The van der Waals surface area contributed by atoms with Gasteiger partial charge in [-0.1, -0.05) is 38.1 Å². The molecule has 0 heterocycles. The highest BCUT2D eigenvalue weighted by Crippen LogP contribution is 2.31. The first-order chi connectivity index (χ1) is 19.5. The normalized spacial score (nSPS) is 13.5. The Morgan fingerprint density at radius 2 is 1.39 bits per heavy atom. The molecular weight excluding hydrogens is 538 g/mol. The Bertz CT molecular complexity index is 1170. The first-order valence-electron chi connectivity index (χ1n) is 13.2. The van der Waals surface area contributed by atoms with E-state index in [1.165, 1.54) is 25.3 Å². The second-order valence-electron chi connectivity index (χ2n) is 9.25. The number of rotatable bonds is 13. The number of para-hydroxylation sites is 1. The van der Waals surface area contributed by atoms with Crippen LogP contribution < -0.4 is 19.9 Å². The summed E-state index contributed by atoms with van der Waals surface area (Å²) < 4.78 is 35.9. The zero-order chi connectivity index (χ0) is 30.4. The van der Waals surface area contributed by atoms with Crippen LogP contribution in [0.2, 0.25) is 0 Å². The molecule has 0 aliphatic carbocycles. The highest BCUT2D eigenvalue weighted by Gasteiger charge is 2.36. The molecule has 2 rings (SSSR count). The Kier molecular flexibility index (Phi) is 12.9. The van der Waals surface area contributed by atoms with Crippen LogP contribution in [0.5, 0.6) is 17.2 Å². The maximum atomic E-state index is 12.7. The van der Waals surface area contributed by atoms with Crippen LogP contribution >= 0.6 is 0 Å². The van der Waals surface area contributed by atoms with Gasteiger partial charge in [0.2, 0.25) is 0 Å². The fourth-order valence-electron chi connectivity index (χ4n) is 3.31. The fourth-order valence-corrected chi connectivity index (χ4v) is 3.31. The number of hydrogen-bond donors (Lipinski definition) is 1. The molecule has 2 unspecified atom stereocenters. The number of benzene rings is 2. The number of carbonyl (C=O) groups is 4. The van der Waals surface area contributed by atoms with E-state index in [1.807, 2.05) is 13.8 Å². The summed E-state index contributed by atoms with van der Waals surface area (Å²) in [4.78, 5) is 49.3. The van der Waals surface area contributed by atoms with Crippen molar-refractivity contribution in [3.05, 3.63) is 54.1 Å². The van der Waals surface area contributed by atoms with E-state index in [0.717, 1.165) is 0 Å². The van der Waals surface area contributed by atoms with Crippen molar-refractivity contribution in [3.8, 4) is 17.2 Å². The second-order valence-corrected chi connectivity index (χ2v) is 9.25. The summed E-state index contributed by atoms with van der Waals surface area (Å²) >= 11 is 0. The van der Waals surface area contributed by atoms with Crippen LogP contribution in [-0.2, 0) is 30.2 Å². The van der Waals surface area contributed by atoms with Gasteiger partial charge in [0, 0.05) is 12.8 Å². The molecule has 0 aliphatic rings. The van der Waals surface area contributed by atoms with Crippen molar-refractivity contribution in [2.75, 3.05) is 13.7 Å². The third-order valence-corrected chi connectivity index (χ3v) is 5.96. The molecule has 0 radical (unpaired) electrons. The summed E-state index contributed by atoms with van der Waals surface area (Å²) in [6.07, 6.45) is -2.93. The number of ether oxygens (including phenoxy) is 7. The average molecular weight is 576 g/mol. The number of methoxy groups -OCH3 is 1. The smallest absolute Gasteiger partial charge is 0.468 e. The predicted molar refractivity (Wildman–Crippen MR) is 146 cm³/mol. The molecule has 41 heavy (non-hydrogen) atoms. The van der Waals surface area contributed by atoms with Gasteiger partial charge in [0.15, 0.2) is 11.5 Å². The van der Waals surface area contributed by atoms with Gasteiger partial charge in [0.25, 0.3) is 0 Å². The summed E-state index contributed by atoms with van der Waals surface area (Å²) in [7, 11) is 1.17. The van der Waals surface area contributed by atoms with Gasteiger partial charge in [-0.2, -0.15) is 0 Å². The minimum Gasteiger partial charge on any atom is -0.468 e. The number of nitrogens with two attached hydrogens (primary N) is 1. The van der Waals surface area contributed by atoms with Crippen molar-refractivity contribution in [1.29, 1.82) is 0 Å². The van der Waals surface area contributed by atoms with Gasteiger partial charge in [0.05, 0.1) is 13.7 Å². The SMILES string of the molecule is CCC(C)OC(=O)Oc1ccc(C[C@](N)(CCOC(=O)Oc2ccccc2)C(=O)OC)cc1OC(=O)OC(C)CC. The molecule has 2 aromatic carbocycles. The van der Waals surface area contributed by atoms with Crippen LogP contribution in [0.3, 0.4) is 0 Å². The van der Waals surface area contributed by atoms with Crippen molar-refractivity contribution in [2.24, 2.45) is 5.73 Å². The minimum absolute atomic E-state index is 0.115. The van der Waals surface area contributed by atoms with Gasteiger partial charge in [-0.05, 0) is 56.5 Å². The van der Waals surface area contributed by atoms with Gasteiger partial charge < -0.3 is 38.9 Å². The molecule has 0 aromatic heterocycles. The van der Waals surface area contributed by atoms with E-state index in [-0.39, 0.29) is 30.9 Å². The van der Waals surface area contributed by atoms with Gasteiger partial charge in [-0.15, -0.1) is 0 Å². The Balaban J connectivity index is 2.21. The lowest BCUT2D eigenvalue weighted by Gasteiger charge is -2.26. The lowest BCUT2D eigenvalue weighted by molar-refractivity contribution is -0.147. The van der Waals surface area contributed by atoms with Gasteiger partial charge in [-0.25, -0.2) is 14.4 Å². The maximum Gasteiger partial charge on any atom is 0.514 e. The number of carbonyl (C=O) groups excluding carboxylic acids is 4. The molecule has 224 valence electrons.